The number of benzene rings is 1. The van der Waals surface area contributed by atoms with Gasteiger partial charge < -0.3 is 15.4 Å². The molecule has 0 aliphatic carbocycles. The van der Waals surface area contributed by atoms with Crippen LogP contribution in [-0.4, -0.2) is 29.5 Å². The molecule has 23 heavy (non-hydrogen) atoms. The first-order valence-corrected chi connectivity index (χ1v) is 7.67. The average Bonchev–Trinajstić information content (AvgIpc) is 2.86. The topological polar surface area (TPSA) is 68.2 Å². The van der Waals surface area contributed by atoms with Crippen molar-refractivity contribution in [2.75, 3.05) is 13.7 Å². The maximum absolute atomic E-state index is 12.0. The van der Waals surface area contributed by atoms with Crippen molar-refractivity contribution in [1.82, 2.24) is 20.4 Å². The molecule has 0 fully saturated rings. The molecule has 0 saturated heterocycles. The number of amides is 2. The number of para-hydroxylation sites is 1. The Balaban J connectivity index is 1.82. The minimum atomic E-state index is -0.185. The standard InChI is InChI=1S/C17H24N4O2/c1-12(15-11-21(3)20-13(15)2)19-17(22)18-10-9-14-7-5-6-8-16(14)23-4/h5-8,11-12H,9-10H2,1-4H3,(H2,18,19,22). The Bertz CT molecular complexity index is 666. The summed E-state index contributed by atoms with van der Waals surface area (Å²) in [4.78, 5) is 12.0. The van der Waals surface area contributed by atoms with Crippen molar-refractivity contribution in [3.8, 4) is 5.75 Å². The molecule has 0 bridgehead atoms. The number of hydrogen-bond donors (Lipinski definition) is 2. The number of rotatable bonds is 6. The minimum Gasteiger partial charge on any atom is -0.496 e. The van der Waals surface area contributed by atoms with E-state index in [4.69, 9.17) is 4.74 Å². The summed E-state index contributed by atoms with van der Waals surface area (Å²) in [5.41, 5.74) is 3.02. The van der Waals surface area contributed by atoms with Crippen LogP contribution in [0.1, 0.15) is 29.8 Å². The van der Waals surface area contributed by atoms with Crippen molar-refractivity contribution in [3.63, 3.8) is 0 Å². The van der Waals surface area contributed by atoms with Crippen LogP contribution in [0.4, 0.5) is 4.79 Å². The number of aryl methyl sites for hydroxylation is 2. The van der Waals surface area contributed by atoms with Crippen LogP contribution >= 0.6 is 0 Å². The fourth-order valence-electron chi connectivity index (χ4n) is 2.59. The minimum absolute atomic E-state index is 0.0880. The van der Waals surface area contributed by atoms with Crippen LogP contribution in [0.3, 0.4) is 0 Å². The summed E-state index contributed by atoms with van der Waals surface area (Å²) < 4.78 is 7.06. The first kappa shape index (κ1) is 16.9. The highest BCUT2D eigenvalue weighted by Crippen LogP contribution is 2.17. The number of methoxy groups -OCH3 is 1. The molecule has 1 aromatic heterocycles. The fraction of sp³-hybridized carbons (Fsp3) is 0.412. The third-order valence-electron chi connectivity index (χ3n) is 3.74. The van der Waals surface area contributed by atoms with E-state index in [1.807, 2.05) is 51.4 Å². The highest BCUT2D eigenvalue weighted by Gasteiger charge is 2.14. The van der Waals surface area contributed by atoms with Gasteiger partial charge in [-0.1, -0.05) is 18.2 Å². The van der Waals surface area contributed by atoms with Gasteiger partial charge in [-0.05, 0) is 31.9 Å². The zero-order valence-electron chi connectivity index (χ0n) is 14.1. The van der Waals surface area contributed by atoms with E-state index in [0.29, 0.717) is 6.54 Å². The quantitative estimate of drug-likeness (QED) is 0.859. The lowest BCUT2D eigenvalue weighted by Crippen LogP contribution is -2.38. The summed E-state index contributed by atoms with van der Waals surface area (Å²) in [5, 5.41) is 10.1. The molecule has 0 aliphatic heterocycles. The van der Waals surface area contributed by atoms with E-state index in [2.05, 4.69) is 15.7 Å². The highest BCUT2D eigenvalue weighted by molar-refractivity contribution is 5.74. The van der Waals surface area contributed by atoms with Crippen LogP contribution in [0.2, 0.25) is 0 Å². The van der Waals surface area contributed by atoms with E-state index < -0.39 is 0 Å². The van der Waals surface area contributed by atoms with Crippen molar-refractivity contribution in [3.05, 3.63) is 47.3 Å². The molecule has 1 aromatic carbocycles. The number of ether oxygens (including phenoxy) is 1. The maximum Gasteiger partial charge on any atom is 0.315 e. The van der Waals surface area contributed by atoms with Gasteiger partial charge in [-0.2, -0.15) is 5.10 Å². The molecule has 0 aliphatic rings. The van der Waals surface area contributed by atoms with Crippen molar-refractivity contribution in [2.45, 2.75) is 26.3 Å². The van der Waals surface area contributed by atoms with Gasteiger partial charge in [0.1, 0.15) is 5.75 Å². The predicted molar refractivity (Wildman–Crippen MR) is 89.6 cm³/mol. The summed E-state index contributed by atoms with van der Waals surface area (Å²) in [6.07, 6.45) is 2.65. The van der Waals surface area contributed by atoms with E-state index in [9.17, 15) is 4.79 Å². The van der Waals surface area contributed by atoms with Crippen LogP contribution in [-0.2, 0) is 13.5 Å². The highest BCUT2D eigenvalue weighted by atomic mass is 16.5. The molecule has 0 radical (unpaired) electrons. The lowest BCUT2D eigenvalue weighted by atomic mass is 10.1. The molecule has 1 heterocycles. The van der Waals surface area contributed by atoms with E-state index >= 15 is 0 Å². The molecule has 6 nitrogen and oxygen atoms in total. The van der Waals surface area contributed by atoms with Gasteiger partial charge in [-0.3, -0.25) is 4.68 Å². The van der Waals surface area contributed by atoms with Crippen LogP contribution in [0.25, 0.3) is 0 Å². The zero-order valence-corrected chi connectivity index (χ0v) is 14.1. The third kappa shape index (κ3) is 4.48. The fourth-order valence-corrected chi connectivity index (χ4v) is 2.59. The van der Waals surface area contributed by atoms with E-state index in [0.717, 1.165) is 29.0 Å². The predicted octanol–water partition coefficient (Wildman–Crippen LogP) is 2.34. The van der Waals surface area contributed by atoms with Gasteiger partial charge in [0.25, 0.3) is 0 Å². The third-order valence-corrected chi connectivity index (χ3v) is 3.74. The molecule has 6 heteroatoms. The van der Waals surface area contributed by atoms with Crippen molar-refractivity contribution >= 4 is 6.03 Å². The summed E-state index contributed by atoms with van der Waals surface area (Å²) >= 11 is 0. The summed E-state index contributed by atoms with van der Waals surface area (Å²) in [7, 11) is 3.52. The first-order valence-electron chi connectivity index (χ1n) is 7.67. The van der Waals surface area contributed by atoms with Crippen molar-refractivity contribution < 1.29 is 9.53 Å². The number of carbonyl (C=O) groups is 1. The zero-order chi connectivity index (χ0) is 16.8. The Morgan fingerprint density at radius 1 is 1.39 bits per heavy atom. The first-order chi connectivity index (χ1) is 11.0. The van der Waals surface area contributed by atoms with Gasteiger partial charge in [-0.25, -0.2) is 4.79 Å². The van der Waals surface area contributed by atoms with Crippen LogP contribution in [0.5, 0.6) is 5.75 Å². The Labute approximate surface area is 136 Å². The Morgan fingerprint density at radius 2 is 2.13 bits per heavy atom. The molecule has 2 aromatic rings. The summed E-state index contributed by atoms with van der Waals surface area (Å²) in [5.74, 6) is 0.842. The smallest absolute Gasteiger partial charge is 0.315 e. The van der Waals surface area contributed by atoms with Gasteiger partial charge in [-0.15, -0.1) is 0 Å². The molecule has 2 rings (SSSR count). The molecule has 2 N–H and O–H groups in total. The van der Waals surface area contributed by atoms with Crippen LogP contribution < -0.4 is 15.4 Å². The second-order valence-electron chi connectivity index (χ2n) is 5.53. The van der Waals surface area contributed by atoms with Gasteiger partial charge in [0.15, 0.2) is 0 Å². The Morgan fingerprint density at radius 3 is 2.78 bits per heavy atom. The van der Waals surface area contributed by atoms with Gasteiger partial charge in [0, 0.05) is 25.4 Å². The van der Waals surface area contributed by atoms with E-state index in [1.165, 1.54) is 0 Å². The number of carbonyl (C=O) groups excluding carboxylic acids is 1. The van der Waals surface area contributed by atoms with Crippen LogP contribution in [0.15, 0.2) is 30.5 Å². The molecule has 0 spiro atoms. The summed E-state index contributed by atoms with van der Waals surface area (Å²) in [6, 6.07) is 7.54. The number of nitrogens with one attached hydrogen (secondary N) is 2. The number of urea groups is 1. The molecule has 124 valence electrons. The monoisotopic (exact) mass is 316 g/mol. The Kier molecular flexibility index (Phi) is 5.62. The average molecular weight is 316 g/mol. The molecule has 1 atom stereocenters. The van der Waals surface area contributed by atoms with Crippen LogP contribution in [0, 0.1) is 6.92 Å². The number of nitrogens with zero attached hydrogens (tertiary/aromatic N) is 2. The van der Waals surface area contributed by atoms with Crippen molar-refractivity contribution in [2.24, 2.45) is 7.05 Å². The van der Waals surface area contributed by atoms with Gasteiger partial charge in [0.05, 0.1) is 18.8 Å². The van der Waals surface area contributed by atoms with E-state index in [-0.39, 0.29) is 12.1 Å². The van der Waals surface area contributed by atoms with Gasteiger partial charge in [0.2, 0.25) is 0 Å². The molecule has 1 unspecified atom stereocenters. The number of hydrogen-bond acceptors (Lipinski definition) is 3. The molecule has 2 amide bonds. The number of aromatic nitrogens is 2. The largest absolute Gasteiger partial charge is 0.496 e. The molecular formula is C17H24N4O2. The lowest BCUT2D eigenvalue weighted by molar-refractivity contribution is 0.238. The second kappa shape index (κ2) is 7.67. The SMILES string of the molecule is COc1ccccc1CCNC(=O)NC(C)c1cn(C)nc1C. The maximum atomic E-state index is 12.0. The second-order valence-corrected chi connectivity index (χ2v) is 5.53. The normalized spacial score (nSPS) is 11.8. The molecule has 0 saturated carbocycles. The molecular weight excluding hydrogens is 292 g/mol. The Hall–Kier alpha value is -2.50. The van der Waals surface area contributed by atoms with E-state index in [1.54, 1.807) is 11.8 Å². The summed E-state index contributed by atoms with van der Waals surface area (Å²) in [6.45, 7) is 4.43. The van der Waals surface area contributed by atoms with Gasteiger partial charge >= 0.3 is 6.03 Å². The van der Waals surface area contributed by atoms with Crippen molar-refractivity contribution in [1.29, 1.82) is 0 Å². The lowest BCUT2D eigenvalue weighted by Gasteiger charge is -2.14.